The van der Waals surface area contributed by atoms with Crippen molar-refractivity contribution >= 4 is 29.5 Å². The Balaban J connectivity index is 2.19. The van der Waals surface area contributed by atoms with Crippen LogP contribution in [0.3, 0.4) is 0 Å². The number of primary amides is 1. The largest absolute Gasteiger partial charge is 0.452 e. The number of hydrogen-bond donors (Lipinski definition) is 2. The zero-order chi connectivity index (χ0) is 17.9. The highest BCUT2D eigenvalue weighted by Crippen LogP contribution is 2.24. The van der Waals surface area contributed by atoms with E-state index in [0.29, 0.717) is 5.69 Å². The molecule has 3 amide bonds. The highest BCUT2D eigenvalue weighted by molar-refractivity contribution is 6.33. The molecule has 3 N–H and O–H groups in total. The lowest BCUT2D eigenvalue weighted by Crippen LogP contribution is -2.37. The Hall–Kier alpha value is -2.94. The average Bonchev–Trinajstić information content (AvgIpc) is 2.80. The number of carbonyl (C=O) groups is 3. The van der Waals surface area contributed by atoms with Crippen molar-refractivity contribution in [2.75, 3.05) is 6.61 Å². The van der Waals surface area contributed by atoms with Crippen molar-refractivity contribution in [2.24, 2.45) is 5.73 Å². The number of nitrogens with two attached hydrogens (primary N) is 1. The van der Waals surface area contributed by atoms with E-state index in [1.54, 1.807) is 5.32 Å². The van der Waals surface area contributed by atoms with Crippen LogP contribution in [-0.4, -0.2) is 34.3 Å². The smallest absolute Gasteiger partial charge is 0.343 e. The van der Waals surface area contributed by atoms with E-state index in [4.69, 9.17) is 22.1 Å². The Bertz CT molecular complexity index is 804. The molecular weight excluding hydrogens is 343 g/mol. The van der Waals surface area contributed by atoms with Crippen molar-refractivity contribution in [1.29, 1.82) is 0 Å². The van der Waals surface area contributed by atoms with Gasteiger partial charge < -0.3 is 10.5 Å². The van der Waals surface area contributed by atoms with Crippen LogP contribution in [0.1, 0.15) is 16.1 Å². The van der Waals surface area contributed by atoms with Gasteiger partial charge in [-0.25, -0.2) is 18.7 Å². The summed E-state index contributed by atoms with van der Waals surface area (Å²) in [6, 6.07) is 4.24. The molecule has 0 unspecified atom stereocenters. The normalized spacial score (nSPS) is 10.3. The number of nitrogens with zero attached hydrogens (tertiary/aromatic N) is 2. The fourth-order valence-corrected chi connectivity index (χ4v) is 2.21. The Morgan fingerprint density at radius 1 is 1.33 bits per heavy atom. The topological polar surface area (TPSA) is 116 Å². The summed E-state index contributed by atoms with van der Waals surface area (Å²) in [5, 5.41) is 5.79. The molecule has 0 spiro atoms. The van der Waals surface area contributed by atoms with Crippen molar-refractivity contribution in [2.45, 2.75) is 6.92 Å². The summed E-state index contributed by atoms with van der Waals surface area (Å²) in [5.41, 5.74) is 5.41. The molecule has 0 aliphatic rings. The number of rotatable bonds is 4. The predicted molar refractivity (Wildman–Crippen MR) is 81.3 cm³/mol. The first-order chi connectivity index (χ1) is 11.3. The van der Waals surface area contributed by atoms with Crippen LogP contribution in [0.25, 0.3) is 5.69 Å². The molecule has 0 aliphatic carbocycles. The zero-order valence-electron chi connectivity index (χ0n) is 12.4. The molecule has 1 aromatic heterocycles. The summed E-state index contributed by atoms with van der Waals surface area (Å²) < 4.78 is 19.0. The molecule has 1 heterocycles. The third kappa shape index (κ3) is 3.87. The van der Waals surface area contributed by atoms with Crippen LogP contribution in [0.15, 0.2) is 24.3 Å². The Morgan fingerprint density at radius 2 is 1.96 bits per heavy atom. The maximum atomic E-state index is 13.0. The second kappa shape index (κ2) is 7.09. The van der Waals surface area contributed by atoms with Gasteiger partial charge in [-0.2, -0.15) is 5.10 Å². The van der Waals surface area contributed by atoms with Gasteiger partial charge in [-0.3, -0.25) is 10.1 Å². The third-order valence-corrected chi connectivity index (χ3v) is 3.23. The molecule has 0 fully saturated rings. The van der Waals surface area contributed by atoms with E-state index in [0.717, 1.165) is 0 Å². The summed E-state index contributed by atoms with van der Waals surface area (Å²) in [6.07, 6.45) is 0. The van der Waals surface area contributed by atoms with Crippen LogP contribution in [0.4, 0.5) is 9.18 Å². The minimum atomic E-state index is -1.06. The summed E-state index contributed by atoms with van der Waals surface area (Å²) in [5.74, 6) is -2.21. The number of aromatic nitrogens is 2. The molecular formula is C14H12ClFN4O4. The molecule has 10 heteroatoms. The van der Waals surface area contributed by atoms with Crippen LogP contribution in [0, 0.1) is 12.7 Å². The number of halogens is 2. The fraction of sp³-hybridized carbons (Fsp3) is 0.143. The lowest BCUT2D eigenvalue weighted by molar-refractivity contribution is -0.123. The standard InChI is InChI=1S/C14H12ClFN4O4/c1-7-11(13(22)24-6-10(21)18-14(17)23)12(15)20(19-7)9-4-2-8(16)3-5-9/h2-5H,6H2,1H3,(H3,17,18,21,23). The van der Waals surface area contributed by atoms with Crippen LogP contribution >= 0.6 is 11.6 Å². The van der Waals surface area contributed by atoms with Crippen molar-refractivity contribution < 1.29 is 23.5 Å². The molecule has 8 nitrogen and oxygen atoms in total. The molecule has 126 valence electrons. The molecule has 24 heavy (non-hydrogen) atoms. The maximum Gasteiger partial charge on any atom is 0.343 e. The van der Waals surface area contributed by atoms with E-state index in [-0.39, 0.29) is 16.4 Å². The molecule has 0 saturated carbocycles. The molecule has 0 bridgehead atoms. The molecule has 1 aromatic carbocycles. The number of hydrogen-bond acceptors (Lipinski definition) is 5. The summed E-state index contributed by atoms with van der Waals surface area (Å²) in [4.78, 5) is 33.8. The van der Waals surface area contributed by atoms with Gasteiger partial charge in [-0.15, -0.1) is 0 Å². The second-order valence-electron chi connectivity index (χ2n) is 4.63. The number of ether oxygens (including phenoxy) is 1. The highest BCUT2D eigenvalue weighted by atomic mass is 35.5. The Labute approximate surface area is 140 Å². The van der Waals surface area contributed by atoms with Gasteiger partial charge in [0.1, 0.15) is 16.5 Å². The SMILES string of the molecule is Cc1nn(-c2ccc(F)cc2)c(Cl)c1C(=O)OCC(=O)NC(N)=O. The van der Waals surface area contributed by atoms with Crippen LogP contribution in [0.2, 0.25) is 5.15 Å². The van der Waals surface area contributed by atoms with E-state index < -0.39 is 30.3 Å². The predicted octanol–water partition coefficient (Wildman–Crippen LogP) is 1.32. The van der Waals surface area contributed by atoms with Gasteiger partial charge in [0.15, 0.2) is 6.61 Å². The van der Waals surface area contributed by atoms with Gasteiger partial charge in [0.25, 0.3) is 5.91 Å². The lowest BCUT2D eigenvalue weighted by atomic mass is 10.2. The number of carbonyl (C=O) groups excluding carboxylic acids is 3. The van der Waals surface area contributed by atoms with Crippen molar-refractivity contribution in [3.8, 4) is 5.69 Å². The number of imide groups is 1. The quantitative estimate of drug-likeness (QED) is 0.803. The Morgan fingerprint density at radius 3 is 2.54 bits per heavy atom. The zero-order valence-corrected chi connectivity index (χ0v) is 13.1. The summed E-state index contributed by atoms with van der Waals surface area (Å²) in [6.45, 7) is 0.811. The first-order valence-corrected chi connectivity index (χ1v) is 6.95. The molecule has 2 rings (SSSR count). The minimum absolute atomic E-state index is 0.0483. The molecule has 0 radical (unpaired) electrons. The second-order valence-corrected chi connectivity index (χ2v) is 4.99. The molecule has 0 atom stereocenters. The van der Waals surface area contributed by atoms with Gasteiger partial charge in [0, 0.05) is 0 Å². The van der Waals surface area contributed by atoms with Crippen LogP contribution in [0.5, 0.6) is 0 Å². The highest BCUT2D eigenvalue weighted by Gasteiger charge is 2.23. The van der Waals surface area contributed by atoms with E-state index in [9.17, 15) is 18.8 Å². The lowest BCUT2D eigenvalue weighted by Gasteiger charge is -2.05. The Kier molecular flexibility index (Phi) is 5.14. The average molecular weight is 355 g/mol. The number of urea groups is 1. The minimum Gasteiger partial charge on any atom is -0.452 e. The van der Waals surface area contributed by atoms with Crippen LogP contribution < -0.4 is 11.1 Å². The number of aryl methyl sites for hydroxylation is 1. The molecule has 0 aliphatic heterocycles. The van der Waals surface area contributed by atoms with Crippen molar-refractivity contribution in [3.63, 3.8) is 0 Å². The first kappa shape index (κ1) is 17.4. The molecule has 0 saturated heterocycles. The maximum absolute atomic E-state index is 13.0. The molecule has 2 aromatic rings. The van der Waals surface area contributed by atoms with Crippen molar-refractivity contribution in [3.05, 3.63) is 46.5 Å². The van der Waals surface area contributed by atoms with Crippen LogP contribution in [-0.2, 0) is 9.53 Å². The van der Waals surface area contributed by atoms with E-state index >= 15 is 0 Å². The number of amides is 3. The third-order valence-electron chi connectivity index (χ3n) is 2.88. The monoisotopic (exact) mass is 354 g/mol. The summed E-state index contributed by atoms with van der Waals surface area (Å²) >= 11 is 6.13. The van der Waals surface area contributed by atoms with Gasteiger partial charge in [0.05, 0.1) is 11.4 Å². The number of esters is 1. The van der Waals surface area contributed by atoms with Gasteiger partial charge >= 0.3 is 12.0 Å². The van der Waals surface area contributed by atoms with E-state index in [2.05, 4.69) is 5.10 Å². The van der Waals surface area contributed by atoms with Gasteiger partial charge in [0.2, 0.25) is 0 Å². The summed E-state index contributed by atoms with van der Waals surface area (Å²) in [7, 11) is 0. The first-order valence-electron chi connectivity index (χ1n) is 6.57. The van der Waals surface area contributed by atoms with Gasteiger partial charge in [-0.1, -0.05) is 11.6 Å². The number of nitrogens with one attached hydrogen (secondary N) is 1. The fourth-order valence-electron chi connectivity index (χ4n) is 1.86. The number of benzene rings is 1. The van der Waals surface area contributed by atoms with E-state index in [1.165, 1.54) is 35.9 Å². The van der Waals surface area contributed by atoms with Crippen molar-refractivity contribution in [1.82, 2.24) is 15.1 Å². The van der Waals surface area contributed by atoms with E-state index in [1.807, 2.05) is 0 Å². The van der Waals surface area contributed by atoms with Gasteiger partial charge in [-0.05, 0) is 31.2 Å².